The lowest BCUT2D eigenvalue weighted by Crippen LogP contribution is -2.60. The number of thiophene rings is 1. The van der Waals surface area contributed by atoms with Crippen LogP contribution in [0, 0.1) is 6.92 Å². The molecule has 0 fully saturated rings. The molecule has 0 amide bonds. The van der Waals surface area contributed by atoms with Crippen LogP contribution in [-0.4, -0.2) is 12.8 Å². The summed E-state index contributed by atoms with van der Waals surface area (Å²) < 4.78 is 9.51. The van der Waals surface area contributed by atoms with Crippen LogP contribution < -0.4 is 30.4 Å². The number of benzene rings is 7. The fourth-order valence-electron chi connectivity index (χ4n) is 11.7. The van der Waals surface area contributed by atoms with Gasteiger partial charge >= 0.3 is 0 Å². The largest absolute Gasteiger partial charge is 0.456 e. The van der Waals surface area contributed by atoms with Crippen molar-refractivity contribution in [1.82, 2.24) is 0 Å². The summed E-state index contributed by atoms with van der Waals surface area (Å²) in [6.45, 7) is 12.0. The summed E-state index contributed by atoms with van der Waals surface area (Å²) in [5, 5.41) is 3.65. The van der Waals surface area contributed by atoms with Gasteiger partial charge in [-0.05, 0) is 125 Å². The molecule has 0 saturated carbocycles. The molecule has 65 heavy (non-hydrogen) atoms. The number of fused-ring (bicyclic) bond motifs is 10. The van der Waals surface area contributed by atoms with Crippen molar-refractivity contribution in [2.24, 2.45) is 0 Å². The minimum atomic E-state index is -0.0320. The Kier molecular flexibility index (Phi) is 8.40. The summed E-state index contributed by atoms with van der Waals surface area (Å²) in [5.41, 5.74) is 18.4. The molecule has 0 bridgehead atoms. The van der Waals surface area contributed by atoms with Gasteiger partial charge in [0.1, 0.15) is 11.2 Å². The van der Waals surface area contributed by atoms with E-state index in [0.717, 1.165) is 39.7 Å². The first-order valence-corrected chi connectivity index (χ1v) is 24.1. The van der Waals surface area contributed by atoms with Gasteiger partial charge in [-0.3, -0.25) is 0 Å². The maximum absolute atomic E-state index is 6.76. The zero-order valence-corrected chi connectivity index (χ0v) is 38.4. The monoisotopic (exact) mass is 859 g/mol. The van der Waals surface area contributed by atoms with E-state index in [1.807, 2.05) is 11.3 Å². The van der Waals surface area contributed by atoms with Gasteiger partial charge in [0, 0.05) is 71.5 Å². The van der Waals surface area contributed by atoms with E-state index in [-0.39, 0.29) is 23.6 Å². The highest BCUT2D eigenvalue weighted by Gasteiger charge is 2.47. The fourth-order valence-corrected chi connectivity index (χ4v) is 13.0. The summed E-state index contributed by atoms with van der Waals surface area (Å²) in [7, 11) is 0. The van der Waals surface area contributed by atoms with E-state index in [1.54, 1.807) is 0 Å². The highest BCUT2D eigenvalue weighted by Crippen LogP contribution is 2.54. The number of rotatable bonds is 5. The number of furan rings is 1. The van der Waals surface area contributed by atoms with E-state index in [0.29, 0.717) is 0 Å². The van der Waals surface area contributed by atoms with Crippen molar-refractivity contribution in [3.63, 3.8) is 0 Å². The number of aryl methyl sites for hydroxylation is 1. The zero-order chi connectivity index (χ0) is 43.8. The third-order valence-electron chi connectivity index (χ3n) is 15.1. The van der Waals surface area contributed by atoms with E-state index >= 15 is 0 Å². The first-order valence-electron chi connectivity index (χ1n) is 23.3. The summed E-state index contributed by atoms with van der Waals surface area (Å²) in [6.07, 6.45) is 12.3. The van der Waals surface area contributed by atoms with E-state index in [1.165, 1.54) is 89.4 Å². The molecule has 0 radical (unpaired) electrons. The van der Waals surface area contributed by atoms with Crippen LogP contribution in [0.4, 0.5) is 45.5 Å². The van der Waals surface area contributed by atoms with Gasteiger partial charge in [-0.25, -0.2) is 0 Å². The Labute approximate surface area is 385 Å². The summed E-state index contributed by atoms with van der Waals surface area (Å²) in [5.74, 6) is 0. The van der Waals surface area contributed by atoms with Gasteiger partial charge in [0.25, 0.3) is 6.71 Å². The van der Waals surface area contributed by atoms with Crippen LogP contribution in [0.25, 0.3) is 32.0 Å². The molecule has 4 nitrogen and oxygen atoms in total. The first-order chi connectivity index (χ1) is 31.6. The Bertz CT molecular complexity index is 3470. The Morgan fingerprint density at radius 3 is 2.06 bits per heavy atom. The molecule has 0 saturated heterocycles. The van der Waals surface area contributed by atoms with E-state index < -0.39 is 0 Å². The van der Waals surface area contributed by atoms with Crippen LogP contribution in [0.5, 0.6) is 0 Å². The van der Waals surface area contributed by atoms with Gasteiger partial charge in [0.15, 0.2) is 0 Å². The molecular weight excluding hydrogens is 810 g/mol. The number of anilines is 8. The molecule has 4 heterocycles. The Hall–Kier alpha value is -6.76. The van der Waals surface area contributed by atoms with Crippen LogP contribution in [0.3, 0.4) is 0 Å². The Morgan fingerprint density at radius 2 is 1.31 bits per heavy atom. The second kappa shape index (κ2) is 14.1. The maximum Gasteiger partial charge on any atom is 0.264 e. The molecule has 6 heteroatoms. The molecule has 1 unspecified atom stereocenters. The molecular formula is C59H50BN3OS. The molecule has 7 aromatic carbocycles. The van der Waals surface area contributed by atoms with Crippen molar-refractivity contribution in [1.29, 1.82) is 0 Å². The lowest BCUT2D eigenvalue weighted by atomic mass is 9.36. The SMILES string of the molecule is Cc1ccccc1N1c2cc3oc4ccccc4c3cc2B2c3sc4cc5c(cc4c3N(c3ccccc3)c3cc(N(c4ccccc4)C4C=CC=CC4)cc1c32)C(C)(C)CCC5(C)C. The molecule has 2 aromatic heterocycles. The van der Waals surface area contributed by atoms with Crippen LogP contribution in [-0.2, 0) is 10.8 Å². The molecule has 2 aliphatic carbocycles. The number of para-hydroxylation sites is 4. The van der Waals surface area contributed by atoms with Crippen LogP contribution in [0.1, 0.15) is 63.6 Å². The van der Waals surface area contributed by atoms with Crippen LogP contribution in [0.15, 0.2) is 174 Å². The quantitative estimate of drug-likeness (QED) is 0.161. The van der Waals surface area contributed by atoms with Crippen molar-refractivity contribution in [2.45, 2.75) is 70.8 Å². The molecule has 4 aliphatic rings. The standard InChI is InChI=1S/C59H50BN3OS/c1-37-19-15-17-27-48(37)63-49-36-53-43(42-26-16-18-28-52(42)64-53)34-47(49)60-55-50(31-41(32-51(55)63)61(38-20-9-6-10-21-38)39-22-11-7-12-23-39)62(40-24-13-8-14-25-40)56-44-33-45-46(35-54(44)65-57(56)60)59(4,5)30-29-58(45,2)3/h6-22,24-28,31-36,39H,23,29-30H2,1-5H3. The van der Waals surface area contributed by atoms with Gasteiger partial charge in [-0.2, -0.15) is 0 Å². The average Bonchev–Trinajstić information content (AvgIpc) is 3.88. The normalized spacial score (nSPS) is 17.6. The lowest BCUT2D eigenvalue weighted by Gasteiger charge is -2.45. The molecule has 13 rings (SSSR count). The predicted octanol–water partition coefficient (Wildman–Crippen LogP) is 14.6. The molecule has 1 atom stereocenters. The minimum Gasteiger partial charge on any atom is -0.456 e. The van der Waals surface area contributed by atoms with Crippen LogP contribution >= 0.6 is 11.3 Å². The smallest absolute Gasteiger partial charge is 0.264 e. The molecule has 2 aliphatic heterocycles. The van der Waals surface area contributed by atoms with Crippen molar-refractivity contribution >= 4 is 111 Å². The fraction of sp³-hybridized carbons (Fsp3) is 0.186. The van der Waals surface area contributed by atoms with E-state index in [4.69, 9.17) is 4.42 Å². The van der Waals surface area contributed by atoms with Gasteiger partial charge in [-0.1, -0.05) is 131 Å². The highest BCUT2D eigenvalue weighted by molar-refractivity contribution is 7.33. The van der Waals surface area contributed by atoms with Crippen molar-refractivity contribution < 1.29 is 4.42 Å². The second-order valence-corrected chi connectivity index (χ2v) is 21.0. The van der Waals surface area contributed by atoms with Gasteiger partial charge in [0.2, 0.25) is 0 Å². The highest BCUT2D eigenvalue weighted by atomic mass is 32.1. The number of nitrogens with zero attached hydrogens (tertiary/aromatic N) is 3. The minimum absolute atomic E-state index is 0.0320. The second-order valence-electron chi connectivity index (χ2n) is 19.9. The molecule has 316 valence electrons. The van der Waals surface area contributed by atoms with Crippen molar-refractivity contribution in [3.8, 4) is 0 Å². The molecule has 0 spiro atoms. The molecule has 0 N–H and O–H groups in total. The summed E-state index contributed by atoms with van der Waals surface area (Å²) in [4.78, 5) is 7.75. The summed E-state index contributed by atoms with van der Waals surface area (Å²) in [6, 6.07) is 54.7. The van der Waals surface area contributed by atoms with Crippen molar-refractivity contribution in [2.75, 3.05) is 14.7 Å². The number of hydrogen-bond acceptors (Lipinski definition) is 5. The average molecular weight is 860 g/mol. The van der Waals surface area contributed by atoms with Gasteiger partial charge < -0.3 is 19.1 Å². The maximum atomic E-state index is 6.76. The topological polar surface area (TPSA) is 22.9 Å². The van der Waals surface area contributed by atoms with E-state index in [9.17, 15) is 0 Å². The molecule has 9 aromatic rings. The van der Waals surface area contributed by atoms with Gasteiger partial charge in [-0.15, -0.1) is 11.3 Å². The number of allylic oxidation sites excluding steroid dienone is 2. The van der Waals surface area contributed by atoms with Crippen molar-refractivity contribution in [3.05, 3.63) is 187 Å². The van der Waals surface area contributed by atoms with E-state index in [2.05, 4.69) is 219 Å². The Balaban J connectivity index is 1.20. The summed E-state index contributed by atoms with van der Waals surface area (Å²) >= 11 is 2.00. The van der Waals surface area contributed by atoms with Crippen LogP contribution in [0.2, 0.25) is 0 Å². The first kappa shape index (κ1) is 38.7. The van der Waals surface area contributed by atoms with Gasteiger partial charge in [0.05, 0.1) is 11.7 Å². The third kappa shape index (κ3) is 5.75. The Morgan fingerprint density at radius 1 is 0.615 bits per heavy atom. The zero-order valence-electron chi connectivity index (χ0n) is 37.6. The third-order valence-corrected chi connectivity index (χ3v) is 16.3. The number of hydrogen-bond donors (Lipinski definition) is 0. The predicted molar refractivity (Wildman–Crippen MR) is 278 cm³/mol. The lowest BCUT2D eigenvalue weighted by molar-refractivity contribution is 0.332.